The van der Waals surface area contributed by atoms with Crippen LogP contribution in [0.2, 0.25) is 10.0 Å². The predicted octanol–water partition coefficient (Wildman–Crippen LogP) is 5.17. The topological polar surface area (TPSA) is 9.23 Å². The molecule has 18 heavy (non-hydrogen) atoms. The molecule has 0 aliphatic carbocycles. The third kappa shape index (κ3) is 3.28. The second-order valence-corrected chi connectivity index (χ2v) is 4.59. The predicted molar refractivity (Wildman–Crippen MR) is 78.4 cm³/mol. The van der Waals surface area contributed by atoms with E-state index in [1.54, 1.807) is 13.2 Å². The number of halogens is 2. The first kappa shape index (κ1) is 13.0. The maximum Gasteiger partial charge on any atom is 0.118 e. The van der Waals surface area contributed by atoms with Crippen molar-refractivity contribution < 1.29 is 4.74 Å². The summed E-state index contributed by atoms with van der Waals surface area (Å²) in [6, 6.07) is 13.4. The third-order valence-electron chi connectivity index (χ3n) is 2.53. The molecule has 0 spiro atoms. The lowest BCUT2D eigenvalue weighted by atomic mass is 10.1. The van der Waals surface area contributed by atoms with E-state index in [0.717, 1.165) is 16.9 Å². The fraction of sp³-hybridized carbons (Fsp3) is 0.0667. The van der Waals surface area contributed by atoms with Crippen LogP contribution in [0.4, 0.5) is 0 Å². The summed E-state index contributed by atoms with van der Waals surface area (Å²) in [7, 11) is 1.65. The first-order valence-corrected chi connectivity index (χ1v) is 6.22. The minimum atomic E-state index is 0.563. The van der Waals surface area contributed by atoms with Gasteiger partial charge < -0.3 is 4.74 Å². The van der Waals surface area contributed by atoms with Crippen molar-refractivity contribution in [2.45, 2.75) is 0 Å². The summed E-state index contributed by atoms with van der Waals surface area (Å²) >= 11 is 11.8. The Bertz CT molecular complexity index is 559. The van der Waals surface area contributed by atoms with Gasteiger partial charge in [-0.15, -0.1) is 0 Å². The van der Waals surface area contributed by atoms with E-state index in [1.165, 1.54) is 0 Å². The molecule has 1 nitrogen and oxygen atoms in total. The molecule has 0 radical (unpaired) electrons. The summed E-state index contributed by atoms with van der Waals surface area (Å²) in [4.78, 5) is 0. The van der Waals surface area contributed by atoms with E-state index in [-0.39, 0.29) is 0 Å². The van der Waals surface area contributed by atoms with Crippen LogP contribution in [-0.4, -0.2) is 7.11 Å². The van der Waals surface area contributed by atoms with Crippen LogP contribution in [0, 0.1) is 0 Å². The molecule has 92 valence electrons. The van der Waals surface area contributed by atoms with Crippen LogP contribution in [0.1, 0.15) is 11.1 Å². The highest BCUT2D eigenvalue weighted by Crippen LogP contribution is 2.23. The van der Waals surface area contributed by atoms with Gasteiger partial charge in [0.2, 0.25) is 0 Å². The van der Waals surface area contributed by atoms with Gasteiger partial charge in [0.25, 0.3) is 0 Å². The molecule has 0 unspecified atom stereocenters. The van der Waals surface area contributed by atoms with Gasteiger partial charge in [-0.3, -0.25) is 0 Å². The SMILES string of the molecule is COc1ccc(/C=C/c2ccc(Cl)c(Cl)c2)cc1. The van der Waals surface area contributed by atoms with Gasteiger partial charge in [-0.1, -0.05) is 53.6 Å². The van der Waals surface area contributed by atoms with Crippen molar-refractivity contribution >= 4 is 35.4 Å². The molecule has 0 fully saturated rings. The summed E-state index contributed by atoms with van der Waals surface area (Å²) in [5.74, 6) is 0.849. The van der Waals surface area contributed by atoms with Crippen molar-refractivity contribution in [2.24, 2.45) is 0 Å². The molecule has 3 heteroatoms. The van der Waals surface area contributed by atoms with Crippen LogP contribution in [0.3, 0.4) is 0 Å². The smallest absolute Gasteiger partial charge is 0.118 e. The van der Waals surface area contributed by atoms with Crippen LogP contribution in [0.5, 0.6) is 5.75 Å². The molecular weight excluding hydrogens is 267 g/mol. The van der Waals surface area contributed by atoms with Gasteiger partial charge in [0, 0.05) is 0 Å². The number of rotatable bonds is 3. The van der Waals surface area contributed by atoms with E-state index >= 15 is 0 Å². The first-order chi connectivity index (χ1) is 8.69. The molecule has 2 rings (SSSR count). The normalized spacial score (nSPS) is 10.8. The van der Waals surface area contributed by atoms with E-state index < -0.39 is 0 Å². The first-order valence-electron chi connectivity index (χ1n) is 5.46. The van der Waals surface area contributed by atoms with Crippen molar-refractivity contribution in [3.05, 3.63) is 63.6 Å². The molecule has 0 N–H and O–H groups in total. The van der Waals surface area contributed by atoms with E-state index in [1.807, 2.05) is 48.6 Å². The van der Waals surface area contributed by atoms with E-state index in [9.17, 15) is 0 Å². The van der Waals surface area contributed by atoms with E-state index in [0.29, 0.717) is 10.0 Å². The number of methoxy groups -OCH3 is 1. The second-order valence-electron chi connectivity index (χ2n) is 3.78. The summed E-state index contributed by atoms with van der Waals surface area (Å²) in [6.07, 6.45) is 4.00. The van der Waals surface area contributed by atoms with Crippen LogP contribution >= 0.6 is 23.2 Å². The Kier molecular flexibility index (Phi) is 4.29. The molecule has 0 aromatic heterocycles. The van der Waals surface area contributed by atoms with Gasteiger partial charge in [-0.05, 0) is 35.4 Å². The Morgan fingerprint density at radius 1 is 0.833 bits per heavy atom. The highest BCUT2D eigenvalue weighted by molar-refractivity contribution is 6.42. The zero-order valence-corrected chi connectivity index (χ0v) is 11.4. The second kappa shape index (κ2) is 5.94. The molecule has 0 saturated heterocycles. The fourth-order valence-corrected chi connectivity index (χ4v) is 1.83. The largest absolute Gasteiger partial charge is 0.497 e. The lowest BCUT2D eigenvalue weighted by molar-refractivity contribution is 0.415. The number of benzene rings is 2. The molecule has 0 aliphatic heterocycles. The van der Waals surface area contributed by atoms with Gasteiger partial charge in [0.05, 0.1) is 17.2 Å². The maximum absolute atomic E-state index is 5.95. The number of ether oxygens (including phenoxy) is 1. The minimum Gasteiger partial charge on any atom is -0.497 e. The third-order valence-corrected chi connectivity index (χ3v) is 3.27. The summed E-state index contributed by atoms with van der Waals surface area (Å²) < 4.78 is 5.10. The highest BCUT2D eigenvalue weighted by Gasteiger charge is 1.96. The molecule has 2 aromatic rings. The minimum absolute atomic E-state index is 0.563. The van der Waals surface area contributed by atoms with Gasteiger partial charge in [0.15, 0.2) is 0 Å². The number of hydrogen-bond donors (Lipinski definition) is 0. The maximum atomic E-state index is 5.95. The van der Waals surface area contributed by atoms with Crippen molar-refractivity contribution in [1.29, 1.82) is 0 Å². The summed E-state index contributed by atoms with van der Waals surface area (Å²) in [5.41, 5.74) is 2.11. The average molecular weight is 279 g/mol. The molecule has 0 atom stereocenters. The highest BCUT2D eigenvalue weighted by atomic mass is 35.5. The Morgan fingerprint density at radius 3 is 2.06 bits per heavy atom. The Morgan fingerprint density at radius 2 is 1.44 bits per heavy atom. The quantitative estimate of drug-likeness (QED) is 0.704. The van der Waals surface area contributed by atoms with Crippen molar-refractivity contribution in [2.75, 3.05) is 7.11 Å². The van der Waals surface area contributed by atoms with Crippen LogP contribution in [0.25, 0.3) is 12.2 Å². The summed E-state index contributed by atoms with van der Waals surface area (Å²) in [5, 5.41) is 1.13. The molecular formula is C15H12Cl2O. The molecule has 0 heterocycles. The van der Waals surface area contributed by atoms with Crippen molar-refractivity contribution in [3.8, 4) is 5.75 Å². The van der Waals surface area contributed by atoms with Gasteiger partial charge in [-0.2, -0.15) is 0 Å². The number of hydrogen-bond acceptors (Lipinski definition) is 1. The zero-order valence-electron chi connectivity index (χ0n) is 9.86. The van der Waals surface area contributed by atoms with Crippen LogP contribution < -0.4 is 4.74 Å². The Labute approximate surface area is 117 Å². The molecule has 0 amide bonds. The molecule has 0 aliphatic rings. The lowest BCUT2D eigenvalue weighted by Gasteiger charge is -2.00. The van der Waals surface area contributed by atoms with Crippen molar-refractivity contribution in [3.63, 3.8) is 0 Å². The zero-order chi connectivity index (χ0) is 13.0. The standard InChI is InChI=1S/C15H12Cl2O/c1-18-13-7-4-11(5-8-13)2-3-12-6-9-14(16)15(17)10-12/h2-10H,1H3/b3-2+. The van der Waals surface area contributed by atoms with Gasteiger partial charge >= 0.3 is 0 Å². The monoisotopic (exact) mass is 278 g/mol. The van der Waals surface area contributed by atoms with E-state index in [4.69, 9.17) is 27.9 Å². The molecule has 0 bridgehead atoms. The van der Waals surface area contributed by atoms with Gasteiger partial charge in [-0.25, -0.2) is 0 Å². The average Bonchev–Trinajstić information content (AvgIpc) is 2.41. The summed E-state index contributed by atoms with van der Waals surface area (Å²) in [6.45, 7) is 0. The fourth-order valence-electron chi connectivity index (χ4n) is 1.52. The van der Waals surface area contributed by atoms with Gasteiger partial charge in [0.1, 0.15) is 5.75 Å². The van der Waals surface area contributed by atoms with Crippen LogP contribution in [0.15, 0.2) is 42.5 Å². The molecule has 2 aromatic carbocycles. The Balaban J connectivity index is 2.16. The van der Waals surface area contributed by atoms with E-state index in [2.05, 4.69) is 0 Å². The van der Waals surface area contributed by atoms with Crippen molar-refractivity contribution in [1.82, 2.24) is 0 Å². The Hall–Kier alpha value is -1.44. The van der Waals surface area contributed by atoms with Crippen LogP contribution in [-0.2, 0) is 0 Å². The lowest BCUT2D eigenvalue weighted by Crippen LogP contribution is -1.81. The molecule has 0 saturated carbocycles.